The van der Waals surface area contributed by atoms with Crippen molar-refractivity contribution < 1.29 is 0 Å². The van der Waals surface area contributed by atoms with E-state index >= 15 is 0 Å². The van der Waals surface area contributed by atoms with Crippen LogP contribution in [0.4, 0.5) is 0 Å². The second kappa shape index (κ2) is 3.39. The molecule has 2 aliphatic carbocycles. The van der Waals surface area contributed by atoms with Crippen LogP contribution in [-0.2, 0) is 6.54 Å². The van der Waals surface area contributed by atoms with Crippen LogP contribution in [-0.4, -0.2) is 16.2 Å². The Morgan fingerprint density at radius 2 is 2.50 bits per heavy atom. The molecule has 1 unspecified atom stereocenters. The van der Waals surface area contributed by atoms with Crippen LogP contribution in [0.15, 0.2) is 12.3 Å². The van der Waals surface area contributed by atoms with Gasteiger partial charge in [-0.1, -0.05) is 12.8 Å². The number of nitrogens with one attached hydrogen (secondary N) is 2. The number of H-pyrrole nitrogens is 1. The third kappa shape index (κ3) is 1.57. The fourth-order valence-electron chi connectivity index (χ4n) is 2.79. The number of hydrogen-bond donors (Lipinski definition) is 2. The third-order valence-electron chi connectivity index (χ3n) is 3.70. The highest BCUT2D eigenvalue weighted by Crippen LogP contribution is 2.49. The van der Waals surface area contributed by atoms with Gasteiger partial charge in [0, 0.05) is 24.5 Å². The molecule has 2 fully saturated rings. The minimum Gasteiger partial charge on any atom is -0.308 e. The molecule has 0 radical (unpaired) electrons. The molecule has 3 nitrogen and oxygen atoms in total. The van der Waals surface area contributed by atoms with E-state index in [4.69, 9.17) is 0 Å². The molecule has 1 aromatic heterocycles. The van der Waals surface area contributed by atoms with E-state index in [0.717, 1.165) is 24.4 Å². The lowest BCUT2D eigenvalue weighted by Gasteiger charge is -2.22. The molecule has 3 atom stereocenters. The summed E-state index contributed by atoms with van der Waals surface area (Å²) in [6.45, 7) is 0.952. The smallest absolute Gasteiger partial charge is 0.0490 e. The Kier molecular flexibility index (Phi) is 2.05. The first-order valence-electron chi connectivity index (χ1n) is 5.65. The Morgan fingerprint density at radius 1 is 1.50 bits per heavy atom. The highest BCUT2D eigenvalue weighted by molar-refractivity contribution is 5.01. The maximum absolute atomic E-state index is 3.95. The molecule has 2 N–H and O–H groups in total. The van der Waals surface area contributed by atoms with Crippen molar-refractivity contribution in [1.29, 1.82) is 0 Å². The molecular formula is C11H17N3. The quantitative estimate of drug-likeness (QED) is 0.763. The molecular weight excluding hydrogens is 174 g/mol. The van der Waals surface area contributed by atoms with Gasteiger partial charge in [-0.25, -0.2) is 0 Å². The molecule has 2 saturated carbocycles. The molecule has 0 spiro atoms. The molecule has 0 saturated heterocycles. The van der Waals surface area contributed by atoms with Crippen molar-refractivity contribution in [1.82, 2.24) is 15.5 Å². The van der Waals surface area contributed by atoms with E-state index in [1.165, 1.54) is 31.4 Å². The molecule has 76 valence electrons. The van der Waals surface area contributed by atoms with Crippen molar-refractivity contribution >= 4 is 0 Å². The Balaban J connectivity index is 1.52. The van der Waals surface area contributed by atoms with E-state index in [0.29, 0.717) is 0 Å². The van der Waals surface area contributed by atoms with E-state index in [1.54, 1.807) is 0 Å². The summed E-state index contributed by atoms with van der Waals surface area (Å²) in [5.41, 5.74) is 1.20. The van der Waals surface area contributed by atoms with Crippen LogP contribution in [0.1, 0.15) is 31.4 Å². The summed E-state index contributed by atoms with van der Waals surface area (Å²) in [6.07, 6.45) is 7.56. The predicted octanol–water partition coefficient (Wildman–Crippen LogP) is 1.69. The Hall–Kier alpha value is -0.830. The van der Waals surface area contributed by atoms with Crippen LogP contribution in [0.5, 0.6) is 0 Å². The van der Waals surface area contributed by atoms with Gasteiger partial charge < -0.3 is 5.32 Å². The molecule has 0 bridgehead atoms. The zero-order valence-corrected chi connectivity index (χ0v) is 8.37. The average molecular weight is 191 g/mol. The van der Waals surface area contributed by atoms with Crippen LogP contribution in [0.2, 0.25) is 0 Å². The zero-order chi connectivity index (χ0) is 9.38. The van der Waals surface area contributed by atoms with Crippen LogP contribution < -0.4 is 5.32 Å². The minimum atomic E-state index is 0.775. The van der Waals surface area contributed by atoms with Gasteiger partial charge in [0.2, 0.25) is 0 Å². The highest BCUT2D eigenvalue weighted by atomic mass is 15.1. The Labute approximate surface area is 84.3 Å². The normalized spacial score (nSPS) is 35.3. The molecule has 2 aliphatic rings. The van der Waals surface area contributed by atoms with E-state index < -0.39 is 0 Å². The monoisotopic (exact) mass is 191 g/mol. The molecule has 0 amide bonds. The maximum Gasteiger partial charge on any atom is 0.0490 e. The number of aromatic amines is 1. The summed E-state index contributed by atoms with van der Waals surface area (Å²) in [7, 11) is 0. The fourth-order valence-corrected chi connectivity index (χ4v) is 2.79. The summed E-state index contributed by atoms with van der Waals surface area (Å²) < 4.78 is 0. The number of hydrogen-bond acceptors (Lipinski definition) is 2. The molecule has 1 heterocycles. The van der Waals surface area contributed by atoms with Gasteiger partial charge in [0.15, 0.2) is 0 Å². The number of rotatable bonds is 3. The Bertz CT molecular complexity index is 293. The number of nitrogens with zero attached hydrogens (tertiary/aromatic N) is 1. The van der Waals surface area contributed by atoms with Gasteiger partial charge in [-0.3, -0.25) is 5.10 Å². The van der Waals surface area contributed by atoms with Crippen molar-refractivity contribution in [3.8, 4) is 0 Å². The van der Waals surface area contributed by atoms with Crippen molar-refractivity contribution in [2.24, 2.45) is 11.8 Å². The summed E-state index contributed by atoms with van der Waals surface area (Å²) in [5, 5.41) is 10.6. The Morgan fingerprint density at radius 3 is 3.36 bits per heavy atom. The first-order chi connectivity index (χ1) is 6.93. The maximum atomic E-state index is 3.95. The van der Waals surface area contributed by atoms with Crippen LogP contribution in [0.25, 0.3) is 0 Å². The summed E-state index contributed by atoms with van der Waals surface area (Å²) in [4.78, 5) is 0. The van der Waals surface area contributed by atoms with E-state index in [2.05, 4.69) is 15.5 Å². The number of aromatic nitrogens is 2. The molecule has 0 aliphatic heterocycles. The second-order valence-corrected chi connectivity index (χ2v) is 4.66. The van der Waals surface area contributed by atoms with Crippen molar-refractivity contribution in [3.63, 3.8) is 0 Å². The van der Waals surface area contributed by atoms with Crippen LogP contribution in [0.3, 0.4) is 0 Å². The SMILES string of the molecule is c1cc(CNC2CCC[C@@H]3C[C@H]23)[nH]n1. The largest absolute Gasteiger partial charge is 0.308 e. The first kappa shape index (κ1) is 8.48. The average Bonchev–Trinajstić information content (AvgIpc) is 2.83. The second-order valence-electron chi connectivity index (χ2n) is 4.66. The molecule has 0 aromatic carbocycles. The number of fused-ring (bicyclic) bond motifs is 1. The van der Waals surface area contributed by atoms with Crippen molar-refractivity contribution in [3.05, 3.63) is 18.0 Å². The summed E-state index contributed by atoms with van der Waals surface area (Å²) >= 11 is 0. The highest BCUT2D eigenvalue weighted by Gasteiger charge is 2.44. The first-order valence-corrected chi connectivity index (χ1v) is 5.65. The minimum absolute atomic E-state index is 0.775. The van der Waals surface area contributed by atoms with Gasteiger partial charge in [0.1, 0.15) is 0 Å². The lowest BCUT2D eigenvalue weighted by atomic mass is 9.95. The van der Waals surface area contributed by atoms with Gasteiger partial charge in [-0.15, -0.1) is 0 Å². The van der Waals surface area contributed by atoms with Gasteiger partial charge in [0.25, 0.3) is 0 Å². The van der Waals surface area contributed by atoms with Crippen molar-refractivity contribution in [2.45, 2.75) is 38.3 Å². The topological polar surface area (TPSA) is 40.7 Å². The van der Waals surface area contributed by atoms with Crippen LogP contribution >= 0.6 is 0 Å². The fraction of sp³-hybridized carbons (Fsp3) is 0.727. The molecule has 14 heavy (non-hydrogen) atoms. The molecule has 3 rings (SSSR count). The standard InChI is InChI=1S/C11H17N3/c1-2-8-6-10(8)11(3-1)12-7-9-4-5-13-14-9/h4-5,8,10-12H,1-3,6-7H2,(H,13,14)/t8-,10+,11?/m1/s1. The summed E-state index contributed by atoms with van der Waals surface area (Å²) in [6, 6.07) is 2.82. The van der Waals surface area contributed by atoms with E-state index in [-0.39, 0.29) is 0 Å². The third-order valence-corrected chi connectivity index (χ3v) is 3.70. The van der Waals surface area contributed by atoms with E-state index in [1.807, 2.05) is 12.3 Å². The molecule has 1 aromatic rings. The lowest BCUT2D eigenvalue weighted by Crippen LogP contribution is -2.33. The van der Waals surface area contributed by atoms with Gasteiger partial charge >= 0.3 is 0 Å². The van der Waals surface area contributed by atoms with Gasteiger partial charge in [0.05, 0.1) is 0 Å². The van der Waals surface area contributed by atoms with Crippen LogP contribution in [0, 0.1) is 11.8 Å². The van der Waals surface area contributed by atoms with Gasteiger partial charge in [-0.2, -0.15) is 5.10 Å². The summed E-state index contributed by atoms with van der Waals surface area (Å²) in [5.74, 6) is 2.05. The van der Waals surface area contributed by atoms with Gasteiger partial charge in [-0.05, 0) is 30.7 Å². The molecule has 3 heteroatoms. The van der Waals surface area contributed by atoms with E-state index in [9.17, 15) is 0 Å². The van der Waals surface area contributed by atoms with Crippen molar-refractivity contribution in [2.75, 3.05) is 0 Å². The predicted molar refractivity (Wildman–Crippen MR) is 54.7 cm³/mol. The zero-order valence-electron chi connectivity index (χ0n) is 8.37. The lowest BCUT2D eigenvalue weighted by molar-refractivity contribution is 0.351.